The van der Waals surface area contributed by atoms with Gasteiger partial charge in [0.1, 0.15) is 12.9 Å². The van der Waals surface area contributed by atoms with Crippen molar-refractivity contribution in [2.24, 2.45) is 0 Å². The molecule has 1 aromatic carbocycles. The maximum absolute atomic E-state index is 12.2. The third kappa shape index (κ3) is 3.73. The highest BCUT2D eigenvalue weighted by Crippen LogP contribution is 2.33. The SMILES string of the molecule is C=CCOc1cc(C=O)ccc1OS(=O)(=O)C(F)(F)F. The van der Waals surface area contributed by atoms with Gasteiger partial charge in [0, 0.05) is 5.56 Å². The molecule has 0 aliphatic rings. The standard InChI is InChI=1S/C11H9F3O5S/c1-2-5-18-10-6-8(7-15)3-4-9(10)19-20(16,17)11(12,13)14/h2-4,6-7H,1,5H2. The van der Waals surface area contributed by atoms with Crippen LogP contribution in [0.25, 0.3) is 0 Å². The summed E-state index contributed by atoms with van der Waals surface area (Å²) in [6.07, 6.45) is 1.71. The van der Waals surface area contributed by atoms with Gasteiger partial charge in [0.05, 0.1) is 0 Å². The smallest absolute Gasteiger partial charge is 0.486 e. The van der Waals surface area contributed by atoms with Gasteiger partial charge in [-0.2, -0.15) is 21.6 Å². The van der Waals surface area contributed by atoms with Crippen molar-refractivity contribution in [3.63, 3.8) is 0 Å². The molecular formula is C11H9F3O5S. The molecule has 0 atom stereocenters. The summed E-state index contributed by atoms with van der Waals surface area (Å²) >= 11 is 0. The highest BCUT2D eigenvalue weighted by molar-refractivity contribution is 7.88. The first kappa shape index (κ1) is 16.0. The normalized spacial score (nSPS) is 11.8. The molecule has 0 saturated heterocycles. The number of alkyl halides is 3. The molecule has 20 heavy (non-hydrogen) atoms. The summed E-state index contributed by atoms with van der Waals surface area (Å²) in [5.74, 6) is -0.989. The Morgan fingerprint density at radius 3 is 2.40 bits per heavy atom. The predicted molar refractivity (Wildman–Crippen MR) is 63.1 cm³/mol. The van der Waals surface area contributed by atoms with Gasteiger partial charge in [0.2, 0.25) is 0 Å². The molecule has 0 spiro atoms. The van der Waals surface area contributed by atoms with Crippen LogP contribution in [0.5, 0.6) is 11.5 Å². The van der Waals surface area contributed by atoms with Crippen LogP contribution in [0, 0.1) is 0 Å². The molecule has 0 amide bonds. The first-order valence-corrected chi connectivity index (χ1v) is 6.46. The molecule has 0 saturated carbocycles. The van der Waals surface area contributed by atoms with E-state index in [1.807, 2.05) is 0 Å². The van der Waals surface area contributed by atoms with Crippen molar-refractivity contribution in [1.82, 2.24) is 0 Å². The molecule has 0 aliphatic carbocycles. The van der Waals surface area contributed by atoms with Gasteiger partial charge in [-0.25, -0.2) is 0 Å². The number of carbonyl (C=O) groups excluding carboxylic acids is 1. The van der Waals surface area contributed by atoms with Crippen molar-refractivity contribution in [2.45, 2.75) is 5.51 Å². The van der Waals surface area contributed by atoms with Crippen LogP contribution in [0.3, 0.4) is 0 Å². The molecule has 0 N–H and O–H groups in total. The number of benzene rings is 1. The van der Waals surface area contributed by atoms with Gasteiger partial charge < -0.3 is 8.92 Å². The van der Waals surface area contributed by atoms with E-state index in [1.54, 1.807) is 0 Å². The molecule has 0 fully saturated rings. The average molecular weight is 310 g/mol. The number of hydrogen-bond acceptors (Lipinski definition) is 5. The highest BCUT2D eigenvalue weighted by atomic mass is 32.2. The number of aldehydes is 1. The summed E-state index contributed by atoms with van der Waals surface area (Å²) in [5, 5.41) is 0. The van der Waals surface area contributed by atoms with Crippen molar-refractivity contribution in [3.8, 4) is 11.5 Å². The molecular weight excluding hydrogens is 301 g/mol. The van der Waals surface area contributed by atoms with E-state index in [0.717, 1.165) is 18.2 Å². The van der Waals surface area contributed by atoms with Gasteiger partial charge in [-0.1, -0.05) is 12.7 Å². The summed E-state index contributed by atoms with van der Waals surface area (Å²) < 4.78 is 67.4. The van der Waals surface area contributed by atoms with Crippen LogP contribution in [0.1, 0.15) is 10.4 Å². The third-order valence-corrected chi connectivity index (χ3v) is 2.91. The van der Waals surface area contributed by atoms with Gasteiger partial charge in [-0.3, -0.25) is 4.79 Å². The van der Waals surface area contributed by atoms with Crippen LogP contribution in [0.2, 0.25) is 0 Å². The molecule has 1 rings (SSSR count). The lowest BCUT2D eigenvalue weighted by atomic mass is 10.2. The van der Waals surface area contributed by atoms with E-state index in [-0.39, 0.29) is 17.9 Å². The third-order valence-electron chi connectivity index (χ3n) is 1.94. The van der Waals surface area contributed by atoms with E-state index in [4.69, 9.17) is 4.74 Å². The predicted octanol–water partition coefficient (Wildman–Crippen LogP) is 2.29. The molecule has 1 aromatic rings. The van der Waals surface area contributed by atoms with Crippen LogP contribution >= 0.6 is 0 Å². The number of hydrogen-bond donors (Lipinski definition) is 0. The summed E-state index contributed by atoms with van der Waals surface area (Å²) in [7, 11) is -5.81. The summed E-state index contributed by atoms with van der Waals surface area (Å²) in [6, 6.07) is 3.04. The zero-order valence-electron chi connectivity index (χ0n) is 9.88. The van der Waals surface area contributed by atoms with Gasteiger partial charge in [0.15, 0.2) is 11.5 Å². The minimum absolute atomic E-state index is 0.0841. The lowest BCUT2D eigenvalue weighted by molar-refractivity contribution is -0.0500. The van der Waals surface area contributed by atoms with E-state index in [0.29, 0.717) is 6.29 Å². The first-order chi connectivity index (χ1) is 9.21. The second-order valence-electron chi connectivity index (χ2n) is 3.41. The Morgan fingerprint density at radius 2 is 1.90 bits per heavy atom. The topological polar surface area (TPSA) is 69.7 Å². The highest BCUT2D eigenvalue weighted by Gasteiger charge is 2.48. The molecule has 9 heteroatoms. The number of rotatable bonds is 6. The maximum atomic E-state index is 12.2. The van der Waals surface area contributed by atoms with Crippen molar-refractivity contribution >= 4 is 16.4 Å². The largest absolute Gasteiger partial charge is 0.534 e. The Labute approximate surface area is 112 Å². The van der Waals surface area contributed by atoms with E-state index >= 15 is 0 Å². The molecule has 0 bridgehead atoms. The Morgan fingerprint density at radius 1 is 1.25 bits per heavy atom. The lowest BCUT2D eigenvalue weighted by Crippen LogP contribution is -2.28. The second-order valence-corrected chi connectivity index (χ2v) is 4.94. The Hall–Kier alpha value is -2.03. The van der Waals surface area contributed by atoms with Crippen LogP contribution in [-0.2, 0) is 10.1 Å². The van der Waals surface area contributed by atoms with Crippen LogP contribution in [0.15, 0.2) is 30.9 Å². The minimum atomic E-state index is -5.81. The number of halogens is 3. The fourth-order valence-corrected chi connectivity index (χ4v) is 1.56. The summed E-state index contributed by atoms with van der Waals surface area (Å²) in [6.45, 7) is 3.22. The summed E-state index contributed by atoms with van der Waals surface area (Å²) in [4.78, 5) is 10.6. The minimum Gasteiger partial charge on any atom is -0.486 e. The van der Waals surface area contributed by atoms with Crippen LogP contribution in [0.4, 0.5) is 13.2 Å². The van der Waals surface area contributed by atoms with Gasteiger partial charge in [0.25, 0.3) is 0 Å². The molecule has 110 valence electrons. The Balaban J connectivity index is 3.17. The fraction of sp³-hybridized carbons (Fsp3) is 0.182. The van der Waals surface area contributed by atoms with Gasteiger partial charge in [-0.05, 0) is 18.2 Å². The average Bonchev–Trinajstić information content (AvgIpc) is 2.36. The molecule has 0 radical (unpaired) electrons. The Bertz CT molecular complexity index is 607. The van der Waals surface area contributed by atoms with Crippen LogP contribution < -0.4 is 8.92 Å². The monoisotopic (exact) mass is 310 g/mol. The number of carbonyl (C=O) groups is 1. The van der Waals surface area contributed by atoms with Gasteiger partial charge >= 0.3 is 15.6 Å². The maximum Gasteiger partial charge on any atom is 0.534 e. The summed E-state index contributed by atoms with van der Waals surface area (Å²) in [5.41, 5.74) is -5.48. The van der Waals surface area contributed by atoms with E-state index in [9.17, 15) is 26.4 Å². The van der Waals surface area contributed by atoms with Crippen molar-refractivity contribution in [3.05, 3.63) is 36.4 Å². The number of ether oxygens (including phenoxy) is 1. The van der Waals surface area contributed by atoms with Crippen molar-refractivity contribution < 1.29 is 35.3 Å². The zero-order valence-corrected chi connectivity index (χ0v) is 10.7. The first-order valence-electron chi connectivity index (χ1n) is 5.05. The lowest BCUT2D eigenvalue weighted by Gasteiger charge is -2.13. The zero-order chi connectivity index (χ0) is 15.4. The van der Waals surface area contributed by atoms with E-state index < -0.39 is 21.4 Å². The molecule has 0 heterocycles. The quantitative estimate of drug-likeness (QED) is 0.349. The van der Waals surface area contributed by atoms with Gasteiger partial charge in [-0.15, -0.1) is 0 Å². The molecule has 0 aromatic heterocycles. The van der Waals surface area contributed by atoms with E-state index in [2.05, 4.69) is 10.8 Å². The molecule has 5 nitrogen and oxygen atoms in total. The molecule has 0 aliphatic heterocycles. The molecule has 0 unspecified atom stereocenters. The fourth-order valence-electron chi connectivity index (χ4n) is 1.09. The van der Waals surface area contributed by atoms with E-state index in [1.165, 1.54) is 6.08 Å². The van der Waals surface area contributed by atoms with Crippen LogP contribution in [-0.4, -0.2) is 26.8 Å². The second kappa shape index (κ2) is 5.95. The Kier molecular flexibility index (Phi) is 4.77. The van der Waals surface area contributed by atoms with Crippen molar-refractivity contribution in [1.29, 1.82) is 0 Å². The van der Waals surface area contributed by atoms with Crippen molar-refractivity contribution in [2.75, 3.05) is 6.61 Å².